The lowest BCUT2D eigenvalue weighted by Crippen LogP contribution is -2.05. The summed E-state index contributed by atoms with van der Waals surface area (Å²) in [5.41, 5.74) is 1.65. The number of hydrogen-bond acceptors (Lipinski definition) is 1. The molecule has 0 bridgehead atoms. The summed E-state index contributed by atoms with van der Waals surface area (Å²) in [4.78, 5) is 1.64. The Labute approximate surface area is 108 Å². The van der Waals surface area contributed by atoms with Crippen LogP contribution in [0.3, 0.4) is 0 Å². The van der Waals surface area contributed by atoms with Crippen molar-refractivity contribution in [3.63, 3.8) is 0 Å². The average molecular weight is 250 g/mol. The van der Waals surface area contributed by atoms with Crippen LogP contribution in [0, 0.1) is 0 Å². The molecular weight excluding hydrogens is 226 g/mol. The van der Waals surface area contributed by atoms with Crippen LogP contribution in [0.2, 0.25) is 0 Å². The molecule has 1 fully saturated rings. The first kappa shape index (κ1) is 12.8. The molecule has 2 rings (SSSR count). The van der Waals surface area contributed by atoms with Gasteiger partial charge in [0.05, 0.1) is 10.7 Å². The fraction of sp³-hybridized carbons (Fsp3) is 0.600. The first-order chi connectivity index (χ1) is 8.36. The van der Waals surface area contributed by atoms with E-state index in [0.29, 0.717) is 0 Å². The van der Waals surface area contributed by atoms with Crippen LogP contribution in [0.25, 0.3) is 0 Å². The average Bonchev–Trinajstić information content (AvgIpc) is 2.80. The molecule has 0 radical (unpaired) electrons. The van der Waals surface area contributed by atoms with Gasteiger partial charge < -0.3 is 0 Å². The Morgan fingerprint density at radius 1 is 1.35 bits per heavy atom. The second-order valence-electron chi connectivity index (χ2n) is 4.83. The highest BCUT2D eigenvalue weighted by atomic mass is 32.2. The Kier molecular flexibility index (Phi) is 4.81. The standard InChI is InChI=1S/C15H24NS/c1-3-4-10-15-14(11-12-17(15)16-2)13-8-6-5-7-9-13/h3-4,11-13,16H,5-10H2,1-2H3/q+1. The van der Waals surface area contributed by atoms with E-state index in [1.54, 1.807) is 10.4 Å². The molecule has 1 heterocycles. The van der Waals surface area contributed by atoms with Crippen LogP contribution in [-0.2, 0) is 6.42 Å². The molecule has 1 aliphatic rings. The number of allylic oxidation sites excluding steroid dienone is 2. The van der Waals surface area contributed by atoms with Crippen LogP contribution in [0.1, 0.15) is 55.4 Å². The number of thiophene rings is 1. The van der Waals surface area contributed by atoms with E-state index in [1.165, 1.54) is 32.1 Å². The maximum Gasteiger partial charge on any atom is 0.179 e. The molecule has 0 amide bonds. The molecular formula is C15H24NS+. The molecule has 1 N–H and O–H groups in total. The monoisotopic (exact) mass is 250 g/mol. The van der Waals surface area contributed by atoms with Crippen molar-refractivity contribution in [3.05, 3.63) is 34.0 Å². The van der Waals surface area contributed by atoms with Crippen LogP contribution in [0.5, 0.6) is 0 Å². The van der Waals surface area contributed by atoms with Crippen molar-refractivity contribution in [2.45, 2.75) is 51.4 Å². The summed E-state index contributed by atoms with van der Waals surface area (Å²) in [5.74, 6) is 0.839. The largest absolute Gasteiger partial charge is 0.179 e. The highest BCUT2D eigenvalue weighted by Gasteiger charge is 2.25. The highest BCUT2D eigenvalue weighted by Crippen LogP contribution is 2.39. The Morgan fingerprint density at radius 2 is 2.12 bits per heavy atom. The van der Waals surface area contributed by atoms with E-state index in [2.05, 4.69) is 42.3 Å². The second-order valence-corrected chi connectivity index (χ2v) is 6.68. The van der Waals surface area contributed by atoms with E-state index in [-0.39, 0.29) is 10.7 Å². The third-order valence-electron chi connectivity index (χ3n) is 3.77. The van der Waals surface area contributed by atoms with Crippen molar-refractivity contribution in [2.75, 3.05) is 11.8 Å². The van der Waals surface area contributed by atoms with Crippen LogP contribution < -0.4 is 4.72 Å². The van der Waals surface area contributed by atoms with Crippen molar-refractivity contribution in [2.24, 2.45) is 0 Å². The summed E-state index contributed by atoms with van der Waals surface area (Å²) in [7, 11) is 2.27. The summed E-state index contributed by atoms with van der Waals surface area (Å²) in [6, 6.07) is 2.40. The lowest BCUT2D eigenvalue weighted by atomic mass is 9.84. The van der Waals surface area contributed by atoms with Crippen molar-refractivity contribution in [1.82, 2.24) is 0 Å². The predicted octanol–water partition coefficient (Wildman–Crippen LogP) is 4.78. The first-order valence-electron chi connectivity index (χ1n) is 6.79. The van der Waals surface area contributed by atoms with E-state index < -0.39 is 0 Å². The van der Waals surface area contributed by atoms with Gasteiger partial charge in [0.15, 0.2) is 10.3 Å². The SMILES string of the molecule is CC=CCc1c(C2CCCCC2)cc[s+]1NC. The van der Waals surface area contributed by atoms with Gasteiger partial charge in [-0.25, -0.2) is 0 Å². The van der Waals surface area contributed by atoms with Gasteiger partial charge in [-0.1, -0.05) is 31.4 Å². The van der Waals surface area contributed by atoms with Gasteiger partial charge in [0.1, 0.15) is 0 Å². The quantitative estimate of drug-likeness (QED) is 0.599. The van der Waals surface area contributed by atoms with Gasteiger partial charge in [-0.3, -0.25) is 0 Å². The van der Waals surface area contributed by atoms with Gasteiger partial charge in [-0.05, 0) is 25.7 Å². The second kappa shape index (κ2) is 6.36. The molecule has 1 aromatic heterocycles. The van der Waals surface area contributed by atoms with E-state index in [1.807, 2.05) is 0 Å². The van der Waals surface area contributed by atoms with E-state index in [4.69, 9.17) is 0 Å². The molecule has 1 nitrogen and oxygen atoms in total. The maximum absolute atomic E-state index is 3.44. The zero-order valence-corrected chi connectivity index (χ0v) is 11.9. The van der Waals surface area contributed by atoms with Crippen LogP contribution in [0.15, 0.2) is 23.6 Å². The zero-order valence-electron chi connectivity index (χ0n) is 11.0. The van der Waals surface area contributed by atoms with Gasteiger partial charge in [0.25, 0.3) is 0 Å². The molecule has 94 valence electrons. The fourth-order valence-electron chi connectivity index (χ4n) is 2.84. The molecule has 17 heavy (non-hydrogen) atoms. The molecule has 0 saturated heterocycles. The molecule has 2 heteroatoms. The van der Waals surface area contributed by atoms with Crippen molar-refractivity contribution < 1.29 is 0 Å². The number of rotatable bonds is 4. The molecule has 1 aliphatic carbocycles. The summed E-state index contributed by atoms with van der Waals surface area (Å²) >= 11 is 0. The first-order valence-corrected chi connectivity index (χ1v) is 8.08. The molecule has 1 unspecified atom stereocenters. The smallest absolute Gasteiger partial charge is 0.121 e. The summed E-state index contributed by atoms with van der Waals surface area (Å²) in [6.07, 6.45) is 12.7. The summed E-state index contributed by atoms with van der Waals surface area (Å²) in [6.45, 7) is 2.11. The van der Waals surface area contributed by atoms with Gasteiger partial charge in [0.2, 0.25) is 0 Å². The molecule has 1 atom stereocenters. The lowest BCUT2D eigenvalue weighted by Gasteiger charge is -2.20. The van der Waals surface area contributed by atoms with Gasteiger partial charge in [-0.2, -0.15) is 0 Å². The van der Waals surface area contributed by atoms with E-state index in [9.17, 15) is 0 Å². The number of hydrogen-bond donors (Lipinski definition) is 1. The van der Waals surface area contributed by atoms with E-state index >= 15 is 0 Å². The number of nitrogens with one attached hydrogen (secondary N) is 1. The lowest BCUT2D eigenvalue weighted by molar-refractivity contribution is 0.443. The predicted molar refractivity (Wildman–Crippen MR) is 78.5 cm³/mol. The van der Waals surface area contributed by atoms with Crippen LogP contribution in [0.4, 0.5) is 0 Å². The molecule has 1 saturated carbocycles. The normalized spacial score (nSPS) is 19.1. The minimum absolute atomic E-state index is 0.193. The Hall–Kier alpha value is -0.600. The van der Waals surface area contributed by atoms with Gasteiger partial charge >= 0.3 is 0 Å². The topological polar surface area (TPSA) is 12.0 Å². The van der Waals surface area contributed by atoms with Crippen molar-refractivity contribution >= 4 is 10.7 Å². The summed E-state index contributed by atoms with van der Waals surface area (Å²) in [5, 5.41) is 2.36. The molecule has 0 aromatic carbocycles. The van der Waals surface area contributed by atoms with Gasteiger partial charge in [0, 0.05) is 25.1 Å². The third kappa shape index (κ3) is 2.99. The maximum atomic E-state index is 3.44. The fourth-order valence-corrected chi connectivity index (χ4v) is 4.44. The minimum Gasteiger partial charge on any atom is -0.121 e. The zero-order chi connectivity index (χ0) is 12.1. The van der Waals surface area contributed by atoms with Crippen LogP contribution >= 0.6 is 10.7 Å². The Morgan fingerprint density at radius 3 is 2.76 bits per heavy atom. The van der Waals surface area contributed by atoms with Crippen molar-refractivity contribution in [3.8, 4) is 0 Å². The molecule has 0 aliphatic heterocycles. The van der Waals surface area contributed by atoms with Crippen LogP contribution in [-0.4, -0.2) is 7.05 Å². The minimum atomic E-state index is 0.193. The molecule has 0 spiro atoms. The summed E-state index contributed by atoms with van der Waals surface area (Å²) < 4.78 is 3.44. The van der Waals surface area contributed by atoms with Gasteiger partial charge in [-0.15, -0.1) is 4.72 Å². The Balaban J connectivity index is 2.22. The van der Waals surface area contributed by atoms with Crippen molar-refractivity contribution in [1.29, 1.82) is 0 Å². The third-order valence-corrected chi connectivity index (χ3v) is 5.56. The van der Waals surface area contributed by atoms with E-state index in [0.717, 1.165) is 12.3 Å². The highest BCUT2D eigenvalue weighted by molar-refractivity contribution is 7.31. The Bertz CT molecular complexity index is 372. The molecule has 1 aromatic rings.